The zero-order valence-corrected chi connectivity index (χ0v) is 13.8. The van der Waals surface area contributed by atoms with E-state index in [9.17, 15) is 4.79 Å². The molecule has 0 N–H and O–H groups in total. The molecule has 0 aromatic heterocycles. The van der Waals surface area contributed by atoms with Crippen molar-refractivity contribution in [2.45, 2.75) is 11.3 Å². The summed E-state index contributed by atoms with van der Waals surface area (Å²) in [6, 6.07) is 5.32. The van der Waals surface area contributed by atoms with Gasteiger partial charge in [0.1, 0.15) is 0 Å². The molecule has 1 aromatic rings. The van der Waals surface area contributed by atoms with E-state index in [4.69, 9.17) is 23.2 Å². The van der Waals surface area contributed by atoms with Gasteiger partial charge in [-0.1, -0.05) is 23.2 Å². The Kier molecular flexibility index (Phi) is 6.02. The minimum Gasteiger partial charge on any atom is -0.341 e. The Morgan fingerprint density at radius 1 is 1.25 bits per heavy atom. The van der Waals surface area contributed by atoms with E-state index in [-0.39, 0.29) is 5.91 Å². The van der Waals surface area contributed by atoms with E-state index in [2.05, 4.69) is 11.9 Å². The molecule has 20 heavy (non-hydrogen) atoms. The first-order chi connectivity index (χ1) is 9.56. The quantitative estimate of drug-likeness (QED) is 0.794. The van der Waals surface area contributed by atoms with Crippen molar-refractivity contribution in [2.24, 2.45) is 0 Å². The molecule has 0 aliphatic carbocycles. The number of halogens is 2. The molecule has 0 unspecified atom stereocenters. The van der Waals surface area contributed by atoms with Gasteiger partial charge >= 0.3 is 0 Å². The number of nitrogens with zero attached hydrogens (tertiary/aromatic N) is 2. The summed E-state index contributed by atoms with van der Waals surface area (Å²) < 4.78 is 0. The highest BCUT2D eigenvalue weighted by molar-refractivity contribution is 8.00. The lowest BCUT2D eigenvalue weighted by molar-refractivity contribution is -0.128. The van der Waals surface area contributed by atoms with E-state index in [1.54, 1.807) is 18.2 Å². The standard InChI is InChI=1S/C14H18Cl2N2OS/c1-17-5-2-6-18(8-7-17)14(19)10-20-13-9-11(15)3-4-12(13)16/h3-4,9H,2,5-8,10H2,1H3. The monoisotopic (exact) mass is 332 g/mol. The van der Waals surface area contributed by atoms with E-state index in [0.29, 0.717) is 15.8 Å². The number of thioether (sulfide) groups is 1. The third kappa shape index (κ3) is 4.55. The van der Waals surface area contributed by atoms with Crippen LogP contribution in [0.1, 0.15) is 6.42 Å². The summed E-state index contributed by atoms with van der Waals surface area (Å²) in [6.45, 7) is 3.64. The Bertz CT molecular complexity index is 484. The molecule has 1 amide bonds. The molecule has 1 fully saturated rings. The summed E-state index contributed by atoms with van der Waals surface area (Å²) in [4.78, 5) is 17.3. The molecule has 110 valence electrons. The number of likely N-dealkylation sites (N-methyl/N-ethyl adjacent to an activating group) is 1. The second kappa shape index (κ2) is 7.55. The lowest BCUT2D eigenvalue weighted by Gasteiger charge is -2.20. The molecule has 0 bridgehead atoms. The number of carbonyl (C=O) groups excluding carboxylic acids is 1. The van der Waals surface area contributed by atoms with Crippen LogP contribution in [0.5, 0.6) is 0 Å². The molecule has 1 saturated heterocycles. The molecule has 1 aliphatic rings. The molecular formula is C14H18Cl2N2OS. The summed E-state index contributed by atoms with van der Waals surface area (Å²) in [7, 11) is 2.09. The average Bonchev–Trinajstić information content (AvgIpc) is 2.64. The zero-order valence-electron chi connectivity index (χ0n) is 11.4. The Labute approximate surface area is 134 Å². The highest BCUT2D eigenvalue weighted by atomic mass is 35.5. The molecule has 0 saturated carbocycles. The van der Waals surface area contributed by atoms with Crippen LogP contribution in [0.3, 0.4) is 0 Å². The molecule has 6 heteroatoms. The normalized spacial score (nSPS) is 17.1. The summed E-state index contributed by atoms with van der Waals surface area (Å²) in [5.74, 6) is 0.574. The van der Waals surface area contributed by atoms with Crippen LogP contribution in [0.2, 0.25) is 10.0 Å². The molecule has 0 atom stereocenters. The molecule has 1 aliphatic heterocycles. The van der Waals surface area contributed by atoms with Gasteiger partial charge in [0.25, 0.3) is 0 Å². The topological polar surface area (TPSA) is 23.6 Å². The third-order valence-corrected chi connectivity index (χ3v) is 5.03. The second-order valence-corrected chi connectivity index (χ2v) is 6.76. The number of amides is 1. The average molecular weight is 333 g/mol. The van der Waals surface area contributed by atoms with Gasteiger partial charge < -0.3 is 9.80 Å². The Morgan fingerprint density at radius 3 is 2.85 bits per heavy atom. The smallest absolute Gasteiger partial charge is 0.232 e. The van der Waals surface area contributed by atoms with Crippen LogP contribution in [-0.2, 0) is 4.79 Å². The largest absolute Gasteiger partial charge is 0.341 e. The van der Waals surface area contributed by atoms with Gasteiger partial charge in [-0.2, -0.15) is 0 Å². The third-order valence-electron chi connectivity index (χ3n) is 3.32. The Balaban J connectivity index is 1.89. The SMILES string of the molecule is CN1CCCN(C(=O)CSc2cc(Cl)ccc2Cl)CC1. The van der Waals surface area contributed by atoms with Gasteiger partial charge in [-0.15, -0.1) is 11.8 Å². The number of rotatable bonds is 3. The number of benzene rings is 1. The van der Waals surface area contributed by atoms with Crippen molar-refractivity contribution in [3.8, 4) is 0 Å². The molecule has 2 rings (SSSR count). The van der Waals surface area contributed by atoms with Crippen LogP contribution >= 0.6 is 35.0 Å². The summed E-state index contributed by atoms with van der Waals surface area (Å²) in [5, 5.41) is 1.28. The van der Waals surface area contributed by atoms with Crippen molar-refractivity contribution < 1.29 is 4.79 Å². The fraction of sp³-hybridized carbons (Fsp3) is 0.500. The van der Waals surface area contributed by atoms with Gasteiger partial charge in [-0.25, -0.2) is 0 Å². The molecule has 0 radical (unpaired) electrons. The van der Waals surface area contributed by atoms with E-state index in [1.165, 1.54) is 11.8 Å². The number of carbonyl (C=O) groups is 1. The van der Waals surface area contributed by atoms with E-state index >= 15 is 0 Å². The highest BCUT2D eigenvalue weighted by Gasteiger charge is 2.17. The zero-order chi connectivity index (χ0) is 14.5. The van der Waals surface area contributed by atoms with Crippen molar-refractivity contribution in [2.75, 3.05) is 39.0 Å². The second-order valence-electron chi connectivity index (χ2n) is 4.90. The maximum Gasteiger partial charge on any atom is 0.232 e. The molecule has 3 nitrogen and oxygen atoms in total. The maximum atomic E-state index is 12.2. The van der Waals surface area contributed by atoms with E-state index in [1.807, 2.05) is 4.90 Å². The number of hydrogen-bond donors (Lipinski definition) is 0. The first kappa shape index (κ1) is 16.0. The van der Waals surface area contributed by atoms with Crippen LogP contribution in [0.4, 0.5) is 0 Å². The van der Waals surface area contributed by atoms with Gasteiger partial charge in [0.05, 0.1) is 10.8 Å². The minimum absolute atomic E-state index is 0.168. The minimum atomic E-state index is 0.168. The first-order valence-electron chi connectivity index (χ1n) is 6.60. The molecule has 0 spiro atoms. The highest BCUT2D eigenvalue weighted by Crippen LogP contribution is 2.30. The van der Waals surface area contributed by atoms with Gasteiger partial charge in [-0.05, 0) is 38.2 Å². The lowest BCUT2D eigenvalue weighted by atomic mass is 10.4. The maximum absolute atomic E-state index is 12.2. The van der Waals surface area contributed by atoms with Crippen molar-refractivity contribution in [1.29, 1.82) is 0 Å². The summed E-state index contributed by atoms with van der Waals surface area (Å²) in [6.07, 6.45) is 1.03. The fourth-order valence-electron chi connectivity index (χ4n) is 2.11. The van der Waals surface area contributed by atoms with Crippen LogP contribution < -0.4 is 0 Å². The fourth-order valence-corrected chi connectivity index (χ4v) is 3.51. The van der Waals surface area contributed by atoms with E-state index < -0.39 is 0 Å². The first-order valence-corrected chi connectivity index (χ1v) is 8.34. The van der Waals surface area contributed by atoms with E-state index in [0.717, 1.165) is 37.5 Å². The predicted molar refractivity (Wildman–Crippen MR) is 85.9 cm³/mol. The van der Waals surface area contributed by atoms with Gasteiger partial charge in [0.15, 0.2) is 0 Å². The van der Waals surface area contributed by atoms with Crippen LogP contribution in [0.25, 0.3) is 0 Å². The summed E-state index contributed by atoms with van der Waals surface area (Å²) >= 11 is 13.5. The Morgan fingerprint density at radius 2 is 2.05 bits per heavy atom. The number of hydrogen-bond acceptors (Lipinski definition) is 3. The van der Waals surface area contributed by atoms with Crippen molar-refractivity contribution >= 4 is 40.9 Å². The molecule has 1 aromatic carbocycles. The van der Waals surface area contributed by atoms with Gasteiger partial charge in [-0.3, -0.25) is 4.79 Å². The molecule has 1 heterocycles. The molecular weight excluding hydrogens is 315 g/mol. The van der Waals surface area contributed by atoms with Crippen LogP contribution in [0, 0.1) is 0 Å². The lowest BCUT2D eigenvalue weighted by Crippen LogP contribution is -2.35. The van der Waals surface area contributed by atoms with Crippen molar-refractivity contribution in [1.82, 2.24) is 9.80 Å². The predicted octanol–water partition coefficient (Wildman–Crippen LogP) is 3.25. The van der Waals surface area contributed by atoms with Gasteiger partial charge in [0, 0.05) is 29.6 Å². The van der Waals surface area contributed by atoms with Gasteiger partial charge in [0.2, 0.25) is 5.91 Å². The van der Waals surface area contributed by atoms with Crippen molar-refractivity contribution in [3.63, 3.8) is 0 Å². The Hall–Kier alpha value is -0.420. The van der Waals surface area contributed by atoms with Crippen molar-refractivity contribution in [3.05, 3.63) is 28.2 Å². The summed E-state index contributed by atoms with van der Waals surface area (Å²) in [5.41, 5.74) is 0. The van der Waals surface area contributed by atoms with Crippen LogP contribution in [-0.4, -0.2) is 54.7 Å². The van der Waals surface area contributed by atoms with Crippen LogP contribution in [0.15, 0.2) is 23.1 Å².